The van der Waals surface area contributed by atoms with Crippen molar-refractivity contribution in [3.63, 3.8) is 0 Å². The number of ether oxygens (including phenoxy) is 3. The van der Waals surface area contributed by atoms with Crippen molar-refractivity contribution in [2.45, 2.75) is 39.2 Å². The average Bonchev–Trinajstić information content (AvgIpc) is 3.03. The van der Waals surface area contributed by atoms with E-state index in [0.717, 1.165) is 76.2 Å². The number of nitrogens with one attached hydrogen (secondary N) is 2. The van der Waals surface area contributed by atoms with Gasteiger partial charge in [0.2, 0.25) is 0 Å². The molecule has 2 aliphatic heterocycles. The van der Waals surface area contributed by atoms with E-state index in [1.54, 1.807) is 0 Å². The minimum absolute atomic E-state index is 0.161. The van der Waals surface area contributed by atoms with Crippen LogP contribution >= 0.6 is 0 Å². The molecule has 1 saturated heterocycles. The molecule has 2 heterocycles. The van der Waals surface area contributed by atoms with Crippen LogP contribution in [0.1, 0.15) is 32.8 Å². The Morgan fingerprint density at radius 1 is 1.24 bits per heavy atom. The smallest absolute Gasteiger partial charge is 0.191 e. The molecule has 0 aromatic heterocycles. The highest BCUT2D eigenvalue weighted by molar-refractivity contribution is 5.79. The van der Waals surface area contributed by atoms with Gasteiger partial charge in [-0.25, -0.2) is 0 Å². The monoisotopic (exact) mass is 404 g/mol. The number of guanidine groups is 1. The van der Waals surface area contributed by atoms with Crippen LogP contribution in [-0.2, 0) is 11.2 Å². The number of rotatable bonds is 9. The Morgan fingerprint density at radius 2 is 2.07 bits per heavy atom. The van der Waals surface area contributed by atoms with E-state index in [4.69, 9.17) is 14.2 Å². The van der Waals surface area contributed by atoms with Gasteiger partial charge in [-0.15, -0.1) is 0 Å². The third kappa shape index (κ3) is 6.78. The Balaban J connectivity index is 1.39. The van der Waals surface area contributed by atoms with Gasteiger partial charge >= 0.3 is 0 Å². The second kappa shape index (κ2) is 10.7. The van der Waals surface area contributed by atoms with Crippen LogP contribution in [0.3, 0.4) is 0 Å². The molecule has 0 saturated carbocycles. The molecule has 1 fully saturated rings. The quantitative estimate of drug-likeness (QED) is 0.373. The van der Waals surface area contributed by atoms with Crippen molar-refractivity contribution >= 4 is 5.96 Å². The number of fused-ring (bicyclic) bond motifs is 1. The van der Waals surface area contributed by atoms with Crippen molar-refractivity contribution in [1.29, 1.82) is 0 Å². The summed E-state index contributed by atoms with van der Waals surface area (Å²) in [6.45, 7) is 14.0. The normalized spacial score (nSPS) is 18.8. The number of para-hydroxylation sites is 1. The average molecular weight is 405 g/mol. The lowest BCUT2D eigenvalue weighted by Gasteiger charge is -2.26. The summed E-state index contributed by atoms with van der Waals surface area (Å²) in [5.41, 5.74) is 1.06. The summed E-state index contributed by atoms with van der Waals surface area (Å²) in [7, 11) is 0. The largest absolute Gasteiger partial charge is 0.488 e. The minimum Gasteiger partial charge on any atom is -0.488 e. The third-order valence-corrected chi connectivity index (χ3v) is 5.06. The van der Waals surface area contributed by atoms with Gasteiger partial charge in [0, 0.05) is 44.7 Å². The predicted octanol–water partition coefficient (Wildman–Crippen LogP) is 2.06. The Bertz CT molecular complexity index is 672. The second-order valence-corrected chi connectivity index (χ2v) is 8.13. The Hall–Kier alpha value is -1.99. The van der Waals surface area contributed by atoms with Crippen LogP contribution in [0, 0.1) is 0 Å². The number of morpholine rings is 1. The molecule has 0 radical (unpaired) electrons. The molecular formula is C22H36N4O3. The lowest BCUT2D eigenvalue weighted by molar-refractivity contribution is 0.0377. The van der Waals surface area contributed by atoms with Gasteiger partial charge in [-0.05, 0) is 33.3 Å². The Labute approximate surface area is 174 Å². The van der Waals surface area contributed by atoms with Crippen molar-refractivity contribution < 1.29 is 14.2 Å². The maximum absolute atomic E-state index is 6.06. The molecule has 0 unspecified atom stereocenters. The number of hydrogen-bond acceptors (Lipinski definition) is 5. The van der Waals surface area contributed by atoms with E-state index in [0.29, 0.717) is 13.2 Å². The molecule has 7 heteroatoms. The van der Waals surface area contributed by atoms with Crippen molar-refractivity contribution in [3.05, 3.63) is 23.8 Å². The fourth-order valence-electron chi connectivity index (χ4n) is 3.68. The van der Waals surface area contributed by atoms with Crippen molar-refractivity contribution in [2.75, 3.05) is 59.1 Å². The molecule has 0 amide bonds. The molecule has 29 heavy (non-hydrogen) atoms. The fraction of sp³-hybridized carbons (Fsp3) is 0.682. The summed E-state index contributed by atoms with van der Waals surface area (Å²) in [6, 6.07) is 6.12. The highest BCUT2D eigenvalue weighted by Crippen LogP contribution is 2.41. The van der Waals surface area contributed by atoms with E-state index < -0.39 is 0 Å². The van der Waals surface area contributed by atoms with Crippen LogP contribution in [0.2, 0.25) is 0 Å². The summed E-state index contributed by atoms with van der Waals surface area (Å²) in [6.07, 6.45) is 1.97. The van der Waals surface area contributed by atoms with E-state index in [1.807, 2.05) is 12.1 Å². The van der Waals surface area contributed by atoms with Gasteiger partial charge in [-0.3, -0.25) is 9.89 Å². The van der Waals surface area contributed by atoms with E-state index in [1.165, 1.54) is 5.56 Å². The standard InChI is InChI=1S/C22H36N4O3/c1-4-23-21(24-9-6-11-26-12-15-27-16-13-26)25-10-14-28-19-8-5-7-18-17-22(2,3)29-20(18)19/h5,7-8H,4,6,9-17H2,1-3H3,(H2,23,24,25). The first-order valence-electron chi connectivity index (χ1n) is 10.8. The van der Waals surface area contributed by atoms with Crippen LogP contribution in [-0.4, -0.2) is 75.5 Å². The lowest BCUT2D eigenvalue weighted by atomic mass is 10.0. The van der Waals surface area contributed by atoms with Crippen molar-refractivity contribution in [3.8, 4) is 11.5 Å². The molecule has 0 bridgehead atoms. The minimum atomic E-state index is -0.161. The second-order valence-electron chi connectivity index (χ2n) is 8.13. The van der Waals surface area contributed by atoms with E-state index in [9.17, 15) is 0 Å². The maximum Gasteiger partial charge on any atom is 0.191 e. The van der Waals surface area contributed by atoms with Gasteiger partial charge in [0.15, 0.2) is 17.5 Å². The molecular weight excluding hydrogens is 368 g/mol. The van der Waals surface area contributed by atoms with Gasteiger partial charge in [0.1, 0.15) is 12.2 Å². The molecule has 0 atom stereocenters. The molecule has 0 spiro atoms. The fourth-order valence-corrected chi connectivity index (χ4v) is 3.68. The summed E-state index contributed by atoms with van der Waals surface area (Å²) in [5.74, 6) is 2.55. The first-order valence-corrected chi connectivity index (χ1v) is 10.8. The highest BCUT2D eigenvalue weighted by atomic mass is 16.5. The van der Waals surface area contributed by atoms with Gasteiger partial charge in [-0.2, -0.15) is 0 Å². The molecule has 2 aliphatic rings. The number of hydrogen-bond donors (Lipinski definition) is 2. The predicted molar refractivity (Wildman–Crippen MR) is 116 cm³/mol. The van der Waals surface area contributed by atoms with E-state index in [2.05, 4.69) is 47.4 Å². The highest BCUT2D eigenvalue weighted by Gasteiger charge is 2.32. The van der Waals surface area contributed by atoms with Crippen molar-refractivity contribution in [1.82, 2.24) is 15.5 Å². The first kappa shape index (κ1) is 21.7. The topological polar surface area (TPSA) is 67.4 Å². The molecule has 1 aromatic rings. The summed E-state index contributed by atoms with van der Waals surface area (Å²) < 4.78 is 17.4. The zero-order valence-electron chi connectivity index (χ0n) is 18.1. The van der Waals surface area contributed by atoms with E-state index in [-0.39, 0.29) is 5.60 Å². The van der Waals surface area contributed by atoms with Crippen LogP contribution in [0.5, 0.6) is 11.5 Å². The van der Waals surface area contributed by atoms with Crippen LogP contribution < -0.4 is 20.1 Å². The van der Waals surface area contributed by atoms with Crippen LogP contribution in [0.15, 0.2) is 23.2 Å². The molecule has 2 N–H and O–H groups in total. The Kier molecular flexibility index (Phi) is 8.00. The zero-order chi connectivity index (χ0) is 20.5. The molecule has 7 nitrogen and oxygen atoms in total. The zero-order valence-corrected chi connectivity index (χ0v) is 18.1. The molecule has 0 aliphatic carbocycles. The van der Waals surface area contributed by atoms with Crippen LogP contribution in [0.25, 0.3) is 0 Å². The van der Waals surface area contributed by atoms with Crippen molar-refractivity contribution in [2.24, 2.45) is 4.99 Å². The van der Waals surface area contributed by atoms with Gasteiger partial charge in [0.25, 0.3) is 0 Å². The number of benzene rings is 1. The summed E-state index contributed by atoms with van der Waals surface area (Å²) in [5, 5.41) is 6.65. The van der Waals surface area contributed by atoms with E-state index >= 15 is 0 Å². The molecule has 1 aromatic carbocycles. The first-order chi connectivity index (χ1) is 14.1. The number of aliphatic imine (C=N–C) groups is 1. The van der Waals surface area contributed by atoms with Gasteiger partial charge in [0.05, 0.1) is 19.8 Å². The third-order valence-electron chi connectivity index (χ3n) is 5.06. The maximum atomic E-state index is 6.06. The Morgan fingerprint density at radius 3 is 2.86 bits per heavy atom. The van der Waals surface area contributed by atoms with Gasteiger partial charge < -0.3 is 24.8 Å². The number of nitrogens with zero attached hydrogens (tertiary/aromatic N) is 2. The SMILES string of the molecule is CCNC(=NCCCN1CCOCC1)NCCOc1cccc2c1OC(C)(C)C2. The molecule has 3 rings (SSSR count). The van der Waals surface area contributed by atoms with Crippen LogP contribution in [0.4, 0.5) is 0 Å². The lowest BCUT2D eigenvalue weighted by Crippen LogP contribution is -2.40. The van der Waals surface area contributed by atoms with Gasteiger partial charge in [-0.1, -0.05) is 12.1 Å². The summed E-state index contributed by atoms with van der Waals surface area (Å²) >= 11 is 0. The molecule has 162 valence electrons. The summed E-state index contributed by atoms with van der Waals surface area (Å²) in [4.78, 5) is 7.11.